The summed E-state index contributed by atoms with van der Waals surface area (Å²) < 4.78 is 61.5. The van der Waals surface area contributed by atoms with Crippen molar-refractivity contribution in [2.24, 2.45) is 14.1 Å². The third-order valence-corrected chi connectivity index (χ3v) is 15.6. The molecule has 4 aliphatic heterocycles. The number of tetrazole rings is 2. The lowest BCUT2D eigenvalue weighted by Gasteiger charge is -2.47. The zero-order valence-corrected chi connectivity index (χ0v) is 43.8. The van der Waals surface area contributed by atoms with Crippen molar-refractivity contribution in [3.8, 4) is 11.4 Å². The number of halogens is 5. The van der Waals surface area contributed by atoms with Crippen LogP contribution in [0.15, 0.2) is 46.2 Å². The van der Waals surface area contributed by atoms with E-state index in [-0.39, 0.29) is 93.3 Å². The van der Waals surface area contributed by atoms with E-state index in [1.54, 1.807) is 0 Å². The van der Waals surface area contributed by atoms with E-state index < -0.39 is 29.0 Å². The molecule has 0 unspecified atom stereocenters. The first kappa shape index (κ1) is 52.4. The quantitative estimate of drug-likeness (QED) is 0.0638. The van der Waals surface area contributed by atoms with Crippen molar-refractivity contribution in [3.63, 3.8) is 0 Å². The minimum Gasteiger partial charge on any atom is -0.396 e. The number of nitrogen functional groups attached to an aromatic ring is 1. The van der Waals surface area contributed by atoms with Crippen molar-refractivity contribution in [1.82, 2.24) is 69.3 Å². The maximum Gasteiger partial charge on any atom is 0.368 e. The molecule has 2 aromatic carbocycles. The SMILES string of the molecule is CC1(C)C[C@H](Nc2nc(Cl)ncc2F)C[C@@H]2CCCN21.Cn1nnn(-c2cc(N)c(F)cc2C2CC2)c1=O.Cn1nnn(-c2cc(Nc3ncc(F)c(N[C@H]4CC(=O)N5[C@@H](CCC5(C)C)C4)n3)c(F)cc2C2CC2)c1=O. The third-order valence-electron chi connectivity index (χ3n) is 15.4. The average Bonchev–Trinajstić information content (AvgIpc) is 4.26. The molecule has 26 heteroatoms. The van der Waals surface area contributed by atoms with Crippen LogP contribution in [0.3, 0.4) is 0 Å². The number of aryl methyl sites for hydroxylation is 2. The second-order valence-electron chi connectivity index (χ2n) is 21.9. The van der Waals surface area contributed by atoms with Gasteiger partial charge < -0.3 is 26.6 Å². The van der Waals surface area contributed by atoms with Gasteiger partial charge in [-0.25, -0.2) is 37.1 Å². The molecule has 4 atom stereocenters. The fraction of sp³-hybridized carbons (Fsp3) is 0.540. The number of hydrogen-bond donors (Lipinski definition) is 4. The Morgan fingerprint density at radius 3 is 1.87 bits per heavy atom. The number of fused-ring (bicyclic) bond motifs is 2. The van der Waals surface area contributed by atoms with Crippen LogP contribution in [0.2, 0.25) is 5.28 Å². The number of hydrogen-bond acceptors (Lipinski definition) is 16. The highest BCUT2D eigenvalue weighted by Gasteiger charge is 2.47. The molecular formula is C50H61ClF4N18O3. The number of nitrogens with two attached hydrogens (primary N) is 1. The zero-order chi connectivity index (χ0) is 54.0. The molecular weight excluding hydrogens is 1010 g/mol. The van der Waals surface area contributed by atoms with Crippen molar-refractivity contribution in [2.75, 3.05) is 28.2 Å². The minimum atomic E-state index is -0.673. The van der Waals surface area contributed by atoms with Crippen molar-refractivity contribution in [2.45, 2.75) is 152 Å². The Kier molecular flexibility index (Phi) is 14.1. The Morgan fingerprint density at radius 1 is 0.671 bits per heavy atom. The van der Waals surface area contributed by atoms with E-state index in [2.05, 4.69) is 89.3 Å². The van der Waals surface area contributed by atoms with Crippen LogP contribution in [0.25, 0.3) is 11.4 Å². The molecule has 8 heterocycles. The number of nitrogens with one attached hydrogen (secondary N) is 3. The van der Waals surface area contributed by atoms with Gasteiger partial charge in [-0.2, -0.15) is 28.7 Å². The number of aromatic nitrogens is 12. The van der Waals surface area contributed by atoms with Gasteiger partial charge in [0, 0.05) is 55.8 Å². The van der Waals surface area contributed by atoms with Gasteiger partial charge in [0.05, 0.1) is 35.1 Å². The van der Waals surface area contributed by atoms with E-state index in [9.17, 15) is 27.6 Å². The van der Waals surface area contributed by atoms with Crippen LogP contribution in [0.4, 0.5) is 46.5 Å². The summed E-state index contributed by atoms with van der Waals surface area (Å²) >= 11 is 5.74. The Balaban J connectivity index is 0.000000144. The second kappa shape index (κ2) is 20.5. The lowest BCUT2D eigenvalue weighted by Crippen LogP contribution is -2.55. The molecule has 2 aliphatic carbocycles. The number of nitrogens with zero attached hydrogens (tertiary/aromatic N) is 14. The number of carbonyl (C=O) groups is 1. The Labute approximate surface area is 439 Å². The molecule has 4 aromatic heterocycles. The third kappa shape index (κ3) is 10.8. The van der Waals surface area contributed by atoms with Crippen molar-refractivity contribution >= 4 is 46.5 Å². The normalized spacial score (nSPS) is 22.5. The van der Waals surface area contributed by atoms with Crippen LogP contribution in [0.1, 0.15) is 128 Å². The largest absolute Gasteiger partial charge is 0.396 e. The summed E-state index contributed by atoms with van der Waals surface area (Å²) in [6.45, 7) is 9.86. The van der Waals surface area contributed by atoms with Gasteiger partial charge in [-0.3, -0.25) is 9.69 Å². The van der Waals surface area contributed by atoms with Crippen molar-refractivity contribution < 1.29 is 22.4 Å². The van der Waals surface area contributed by atoms with Crippen molar-refractivity contribution in [1.29, 1.82) is 0 Å². The maximum atomic E-state index is 15.1. The van der Waals surface area contributed by atoms with E-state index in [4.69, 9.17) is 17.3 Å². The number of amides is 1. The molecule has 0 radical (unpaired) electrons. The first-order chi connectivity index (χ1) is 36.1. The molecule has 21 nitrogen and oxygen atoms in total. The van der Waals surface area contributed by atoms with E-state index in [0.29, 0.717) is 29.4 Å². The monoisotopic (exact) mass is 1070 g/mol. The van der Waals surface area contributed by atoms with Gasteiger partial charge in [-0.15, -0.1) is 0 Å². The van der Waals surface area contributed by atoms with E-state index in [0.717, 1.165) is 88.1 Å². The summed E-state index contributed by atoms with van der Waals surface area (Å²) in [5.74, 6) is -1.55. The number of benzene rings is 2. The molecule has 6 aliphatic rings. The van der Waals surface area contributed by atoms with Gasteiger partial charge >= 0.3 is 11.4 Å². The Hall–Kier alpha value is -7.02. The minimum absolute atomic E-state index is 0.00644. The van der Waals surface area contributed by atoms with Crippen LogP contribution < -0.4 is 33.1 Å². The molecule has 404 valence electrons. The molecule has 6 fully saturated rings. The lowest BCUT2D eigenvalue weighted by atomic mass is 9.84. The van der Waals surface area contributed by atoms with Crippen LogP contribution in [-0.4, -0.2) is 117 Å². The molecule has 0 bridgehead atoms. The number of carbonyl (C=O) groups excluding carboxylic acids is 1. The van der Waals surface area contributed by atoms with Gasteiger partial charge in [0.25, 0.3) is 0 Å². The molecule has 0 spiro atoms. The predicted molar refractivity (Wildman–Crippen MR) is 275 cm³/mol. The topological polar surface area (TPSA) is 243 Å². The molecule has 2 saturated carbocycles. The molecule has 6 aromatic rings. The predicted octanol–water partition coefficient (Wildman–Crippen LogP) is 6.65. The fourth-order valence-electron chi connectivity index (χ4n) is 11.5. The summed E-state index contributed by atoms with van der Waals surface area (Å²) in [5.41, 5.74) is 7.10. The van der Waals surface area contributed by atoms with E-state index in [1.165, 1.54) is 57.7 Å². The van der Waals surface area contributed by atoms with Gasteiger partial charge in [-0.1, -0.05) is 0 Å². The average molecular weight is 1070 g/mol. The van der Waals surface area contributed by atoms with Crippen LogP contribution in [0.5, 0.6) is 0 Å². The molecule has 5 N–H and O–H groups in total. The fourth-order valence-corrected chi connectivity index (χ4v) is 11.6. The van der Waals surface area contributed by atoms with Crippen LogP contribution in [-0.2, 0) is 18.9 Å². The Bertz CT molecular complexity index is 3300. The van der Waals surface area contributed by atoms with E-state index >= 15 is 4.39 Å². The summed E-state index contributed by atoms with van der Waals surface area (Å²) in [6.07, 6.45) is 13.1. The second-order valence-corrected chi connectivity index (χ2v) is 22.3. The van der Waals surface area contributed by atoms with Gasteiger partial charge in [-0.05, 0) is 185 Å². The van der Waals surface area contributed by atoms with Crippen LogP contribution >= 0.6 is 11.6 Å². The highest BCUT2D eigenvalue weighted by atomic mass is 35.5. The number of anilines is 5. The van der Waals surface area contributed by atoms with Crippen LogP contribution in [0, 0.1) is 23.3 Å². The molecule has 12 rings (SSSR count). The van der Waals surface area contributed by atoms with Gasteiger partial charge in [0.2, 0.25) is 17.1 Å². The Morgan fingerprint density at radius 2 is 1.25 bits per heavy atom. The van der Waals surface area contributed by atoms with Gasteiger partial charge in [0.15, 0.2) is 23.3 Å². The lowest BCUT2D eigenvalue weighted by molar-refractivity contribution is -0.139. The number of piperidine rings is 2. The first-order valence-electron chi connectivity index (χ1n) is 25.6. The van der Waals surface area contributed by atoms with Crippen molar-refractivity contribution in [3.05, 3.63) is 97.3 Å². The number of rotatable bonds is 10. The molecule has 76 heavy (non-hydrogen) atoms. The smallest absolute Gasteiger partial charge is 0.368 e. The maximum absolute atomic E-state index is 15.1. The zero-order valence-electron chi connectivity index (χ0n) is 43.1. The highest BCUT2D eigenvalue weighted by Crippen LogP contribution is 2.45. The summed E-state index contributed by atoms with van der Waals surface area (Å²) in [7, 11) is 2.99. The standard InChI is InChI=1S/C25H29F2N9O2.C14H20ClFN4.C11H12FN5O/c1-25(2)7-6-15-8-14(9-21(37)35(15)25)29-22-18(27)12-28-23(31-22)30-19-11-20(36-24(38)34(3)32-33-36)16(10-17(19)26)13-4-5-13;1-14(2)7-9(6-10-4-3-5-20(10)14)18-12-11(16)8-17-13(15)19-12;1-16-11(18)17(15-14-16)10-5-9(13)8(12)4-7(10)6-2-3-6/h10-15H,4-9H2,1-3H3,(H2,28,29,30,31);8-10H,3-7H2,1-2H3,(H,17,18,19);4-6H,2-3,13H2,1H3/t14-,15+;9-,10+;/m11./s1. The molecule has 4 saturated heterocycles. The van der Waals surface area contributed by atoms with Gasteiger partial charge in [0.1, 0.15) is 11.6 Å². The first-order valence-corrected chi connectivity index (χ1v) is 26.0. The van der Waals surface area contributed by atoms with E-state index in [1.807, 2.05) is 4.90 Å². The summed E-state index contributed by atoms with van der Waals surface area (Å²) in [4.78, 5) is 57.5. The summed E-state index contributed by atoms with van der Waals surface area (Å²) in [5, 5.41) is 24.3. The summed E-state index contributed by atoms with van der Waals surface area (Å²) in [6, 6.07) is 6.33. The molecule has 1 amide bonds. The highest BCUT2D eigenvalue weighted by molar-refractivity contribution is 6.28.